The monoisotopic (exact) mass is 500 g/mol. The van der Waals surface area contributed by atoms with E-state index < -0.39 is 12.9 Å². The van der Waals surface area contributed by atoms with E-state index in [2.05, 4.69) is 32.4 Å². The molecule has 0 unspecified atom stereocenters. The Bertz CT molecular complexity index is 1300. The number of fused-ring (bicyclic) bond motifs is 1. The highest BCUT2D eigenvalue weighted by Crippen LogP contribution is 2.37. The minimum Gasteiger partial charge on any atom is -0.369 e. The number of hydrogen-bond acceptors (Lipinski definition) is 7. The molecule has 2 N–H and O–H groups in total. The number of rotatable bonds is 4. The van der Waals surface area contributed by atoms with Crippen molar-refractivity contribution >= 4 is 57.9 Å². The number of hydrogen-bond donors (Lipinski definition) is 2. The maximum absolute atomic E-state index is 13.4. The molecule has 1 saturated heterocycles. The molecule has 1 fully saturated rings. The van der Waals surface area contributed by atoms with Crippen molar-refractivity contribution < 1.29 is 8.91 Å². The van der Waals surface area contributed by atoms with Gasteiger partial charge in [-0.25, -0.2) is 4.98 Å². The number of anilines is 5. The number of nitrogens with zero attached hydrogens (tertiary/aromatic N) is 5. The molecular weight excluding hydrogens is 473 g/mol. The first-order valence-corrected chi connectivity index (χ1v) is 11.6. The molecule has 0 aliphatic carbocycles. The van der Waals surface area contributed by atoms with E-state index in [0.29, 0.717) is 6.04 Å². The normalized spacial score (nSPS) is 19.9. The van der Waals surface area contributed by atoms with Gasteiger partial charge in [-0.2, -0.15) is 4.98 Å². The van der Waals surface area contributed by atoms with Gasteiger partial charge in [-0.1, -0.05) is 29.3 Å². The second-order valence-electron chi connectivity index (χ2n) is 8.28. The fourth-order valence-corrected chi connectivity index (χ4v) is 4.78. The Kier molecular flexibility index (Phi) is 5.26. The lowest BCUT2D eigenvalue weighted by Gasteiger charge is -2.35. The first kappa shape index (κ1) is 19.3. The van der Waals surface area contributed by atoms with Crippen LogP contribution in [0.1, 0.15) is 21.4 Å². The lowest BCUT2D eigenvalue weighted by atomic mass is 10.2. The Hall–Kier alpha value is -3.07. The van der Waals surface area contributed by atoms with E-state index in [-0.39, 0.29) is 39.7 Å². The maximum atomic E-state index is 13.4. The Morgan fingerprint density at radius 1 is 1.18 bits per heavy atom. The van der Waals surface area contributed by atoms with Crippen LogP contribution in [-0.2, 0) is 0 Å². The number of halogens is 2. The van der Waals surface area contributed by atoms with Crippen molar-refractivity contribution in [3.05, 3.63) is 64.3 Å². The largest absolute Gasteiger partial charge is 0.369 e. The van der Waals surface area contributed by atoms with E-state index in [1.165, 1.54) is 11.1 Å². The lowest BCUT2D eigenvalue weighted by Crippen LogP contribution is -2.49. The van der Waals surface area contributed by atoms with E-state index in [9.17, 15) is 4.79 Å². The summed E-state index contributed by atoms with van der Waals surface area (Å²) in [7, 11) is 0. The number of nitrogens with one attached hydrogen (secondary N) is 2. The van der Waals surface area contributed by atoms with Gasteiger partial charge in [0, 0.05) is 54.3 Å². The van der Waals surface area contributed by atoms with Gasteiger partial charge in [-0.05, 0) is 43.3 Å². The van der Waals surface area contributed by atoms with Crippen LogP contribution < -0.4 is 25.3 Å². The van der Waals surface area contributed by atoms with E-state index >= 15 is 0 Å². The van der Waals surface area contributed by atoms with Crippen LogP contribution in [0.4, 0.5) is 28.8 Å². The van der Waals surface area contributed by atoms with Crippen LogP contribution in [0.5, 0.6) is 0 Å². The minimum absolute atomic E-state index is 0.00773. The van der Waals surface area contributed by atoms with Crippen LogP contribution in [0.3, 0.4) is 0 Å². The smallest absolute Gasteiger partial charge is 0.265 e. The first-order valence-electron chi connectivity index (χ1n) is 12.4. The SMILES string of the molecule is [2H]C([2H])([2H])N1CN(c2c(Cl)cccc2Cl)C(=O)c2cnc(Nc3ccc(N4CCN[C@H](C)C4)cc3)nc21. The number of carbonyl (C=O) groups excluding carboxylic acids is 1. The summed E-state index contributed by atoms with van der Waals surface area (Å²) in [5.74, 6) is -0.312. The van der Waals surface area contributed by atoms with Gasteiger partial charge in [0.1, 0.15) is 11.4 Å². The van der Waals surface area contributed by atoms with Gasteiger partial charge in [0.15, 0.2) is 0 Å². The van der Waals surface area contributed by atoms with E-state index in [4.69, 9.17) is 27.3 Å². The standard InChI is InChI=1S/C24H25Cl2N7O/c1-15-13-32(11-10-27-15)17-8-6-16(7-9-17)29-24-28-12-18-22(30-24)31(2)14-33(23(18)34)21-19(25)4-3-5-20(21)26/h3-9,12,15,27H,10-11,13-14H2,1-2H3,(H,28,29,30)/t15-/m1/s1/i2D3. The highest BCUT2D eigenvalue weighted by atomic mass is 35.5. The van der Waals surface area contributed by atoms with Crippen molar-refractivity contribution in [2.75, 3.05) is 53.3 Å². The second-order valence-corrected chi connectivity index (χ2v) is 9.09. The molecule has 10 heteroatoms. The summed E-state index contributed by atoms with van der Waals surface area (Å²) in [6.45, 7) is 2.06. The molecule has 0 spiro atoms. The van der Waals surface area contributed by atoms with Crippen LogP contribution in [-0.4, -0.2) is 55.2 Å². The molecule has 0 radical (unpaired) electrons. The van der Waals surface area contributed by atoms with Crippen LogP contribution in [0.25, 0.3) is 0 Å². The van der Waals surface area contributed by atoms with Gasteiger partial charge >= 0.3 is 0 Å². The summed E-state index contributed by atoms with van der Waals surface area (Å²) >= 11 is 12.6. The van der Waals surface area contributed by atoms with Crippen LogP contribution in [0.15, 0.2) is 48.7 Å². The molecule has 2 aliphatic rings. The molecule has 176 valence electrons. The van der Waals surface area contributed by atoms with Gasteiger partial charge in [-0.3, -0.25) is 9.69 Å². The predicted molar refractivity (Wildman–Crippen MR) is 138 cm³/mol. The fourth-order valence-electron chi connectivity index (χ4n) is 4.18. The highest BCUT2D eigenvalue weighted by Gasteiger charge is 2.32. The zero-order valence-electron chi connectivity index (χ0n) is 21.4. The van der Waals surface area contributed by atoms with Crippen molar-refractivity contribution in [3.8, 4) is 0 Å². The van der Waals surface area contributed by atoms with Crippen molar-refractivity contribution in [2.45, 2.75) is 13.0 Å². The molecule has 5 rings (SSSR count). The van der Waals surface area contributed by atoms with E-state index in [0.717, 1.165) is 35.9 Å². The number of para-hydroxylation sites is 1. The summed E-state index contributed by atoms with van der Waals surface area (Å²) in [5, 5.41) is 7.00. The Labute approximate surface area is 212 Å². The molecule has 8 nitrogen and oxygen atoms in total. The minimum atomic E-state index is -2.59. The third-order valence-corrected chi connectivity index (χ3v) is 6.46. The molecule has 1 amide bonds. The summed E-state index contributed by atoms with van der Waals surface area (Å²) in [4.78, 5) is 26.7. The maximum Gasteiger partial charge on any atom is 0.265 e. The fraction of sp³-hybridized carbons (Fsp3) is 0.292. The molecule has 0 bridgehead atoms. The van der Waals surface area contributed by atoms with Gasteiger partial charge in [0.25, 0.3) is 5.91 Å². The molecular formula is C24H25Cl2N7O. The molecule has 0 saturated carbocycles. The third kappa shape index (κ3) is 4.36. The average molecular weight is 501 g/mol. The molecule has 2 aromatic carbocycles. The molecule has 3 heterocycles. The van der Waals surface area contributed by atoms with Gasteiger partial charge in [0.05, 0.1) is 22.4 Å². The van der Waals surface area contributed by atoms with Crippen LogP contribution >= 0.6 is 23.2 Å². The molecule has 1 atom stereocenters. The highest BCUT2D eigenvalue weighted by molar-refractivity contribution is 6.40. The number of piperazine rings is 1. The Morgan fingerprint density at radius 2 is 1.94 bits per heavy atom. The van der Waals surface area contributed by atoms with E-state index in [1.807, 2.05) is 24.3 Å². The summed E-state index contributed by atoms with van der Waals surface area (Å²) in [6.07, 6.45) is 1.32. The Balaban J connectivity index is 1.43. The average Bonchev–Trinajstić information content (AvgIpc) is 2.85. The van der Waals surface area contributed by atoms with Crippen LogP contribution in [0.2, 0.25) is 10.0 Å². The Morgan fingerprint density at radius 3 is 2.65 bits per heavy atom. The van der Waals surface area contributed by atoms with Gasteiger partial charge in [-0.15, -0.1) is 0 Å². The lowest BCUT2D eigenvalue weighted by molar-refractivity contribution is 0.0982. The quantitative estimate of drug-likeness (QED) is 0.550. The zero-order valence-corrected chi connectivity index (χ0v) is 19.9. The number of carbonyl (C=O) groups is 1. The summed E-state index contributed by atoms with van der Waals surface area (Å²) in [6, 6.07) is 13.1. The van der Waals surface area contributed by atoms with Crippen molar-refractivity contribution in [1.82, 2.24) is 15.3 Å². The molecule has 2 aliphatic heterocycles. The van der Waals surface area contributed by atoms with Crippen molar-refractivity contribution in [2.24, 2.45) is 0 Å². The zero-order chi connectivity index (χ0) is 26.3. The number of amides is 1. The number of benzene rings is 2. The summed E-state index contributed by atoms with van der Waals surface area (Å²) in [5.41, 5.74) is 2.12. The molecule has 1 aromatic heterocycles. The van der Waals surface area contributed by atoms with Gasteiger partial charge in [0.2, 0.25) is 5.95 Å². The van der Waals surface area contributed by atoms with Crippen molar-refractivity contribution in [1.29, 1.82) is 0 Å². The first-order chi connectivity index (χ1) is 17.6. The van der Waals surface area contributed by atoms with Gasteiger partial charge < -0.3 is 20.4 Å². The topological polar surface area (TPSA) is 76.6 Å². The van der Waals surface area contributed by atoms with E-state index in [1.54, 1.807) is 18.2 Å². The second kappa shape index (κ2) is 9.29. The predicted octanol–water partition coefficient (Wildman–Crippen LogP) is 4.38. The molecule has 3 aromatic rings. The van der Waals surface area contributed by atoms with Crippen molar-refractivity contribution in [3.63, 3.8) is 0 Å². The molecule has 34 heavy (non-hydrogen) atoms. The third-order valence-electron chi connectivity index (χ3n) is 5.85. The summed E-state index contributed by atoms with van der Waals surface area (Å²) < 4.78 is 24.2. The number of aromatic nitrogens is 2. The van der Waals surface area contributed by atoms with Crippen LogP contribution in [0, 0.1) is 0 Å².